The molecule has 4 fully saturated rings. The van der Waals surface area contributed by atoms with Crippen LogP contribution in [0.15, 0.2) is 0 Å². The van der Waals surface area contributed by atoms with Gasteiger partial charge in [0.15, 0.2) is 0 Å². The predicted molar refractivity (Wildman–Crippen MR) is 87.5 cm³/mol. The fourth-order valence-electron chi connectivity index (χ4n) is 5.62. The minimum atomic E-state index is -7.47. The molecule has 0 spiro atoms. The van der Waals surface area contributed by atoms with E-state index in [2.05, 4.69) is 26.9 Å². The highest BCUT2D eigenvalue weighted by atomic mass is 32.1. The van der Waals surface area contributed by atoms with E-state index in [1.165, 1.54) is 0 Å². The molecule has 0 heterocycles. The van der Waals surface area contributed by atoms with E-state index in [9.17, 15) is 48.7 Å². The van der Waals surface area contributed by atoms with E-state index >= 15 is 0 Å². The molecule has 0 aromatic heterocycles. The van der Waals surface area contributed by atoms with E-state index in [1.807, 2.05) is 0 Å². The molecule has 1 atom stereocenters. The summed E-state index contributed by atoms with van der Waals surface area (Å²) in [4.78, 5) is 15.2. The van der Waals surface area contributed by atoms with Gasteiger partial charge in [0.25, 0.3) is 0 Å². The lowest BCUT2D eigenvalue weighted by Gasteiger charge is -2.56. The Kier molecular flexibility index (Phi) is 6.24. The first-order valence-electron chi connectivity index (χ1n) is 9.48. The second-order valence-electron chi connectivity index (χ2n) is 8.97. The molecule has 32 heavy (non-hydrogen) atoms. The highest BCUT2D eigenvalue weighted by Crippen LogP contribution is 2.61. The lowest BCUT2D eigenvalue weighted by molar-refractivity contribution is -0.456. The number of alkyl halides is 10. The molecule has 4 nitrogen and oxygen atoms in total. The lowest BCUT2D eigenvalue weighted by Crippen LogP contribution is -2.70. The van der Waals surface area contributed by atoms with Crippen LogP contribution in [0.1, 0.15) is 38.5 Å². The SMILES string of the molecule is O=C(OCC12CC3CC(CC(C3)C1)C2)C(F)(OOS)C(F)(F)C(F)(F)C(F)(F)C(F)(F)F. The van der Waals surface area contributed by atoms with Crippen molar-refractivity contribution in [2.24, 2.45) is 23.2 Å². The summed E-state index contributed by atoms with van der Waals surface area (Å²) in [5.74, 6) is -30.1. The van der Waals surface area contributed by atoms with Gasteiger partial charge in [0.2, 0.25) is 0 Å². The Labute approximate surface area is 180 Å². The van der Waals surface area contributed by atoms with Crippen LogP contribution in [0.4, 0.5) is 43.9 Å². The maximum atomic E-state index is 14.7. The largest absolute Gasteiger partial charge is 0.461 e. The number of thiol groups is 1. The summed E-state index contributed by atoms with van der Waals surface area (Å²) in [7, 11) is 0. The summed E-state index contributed by atoms with van der Waals surface area (Å²) < 4.78 is 141. The van der Waals surface area contributed by atoms with Gasteiger partial charge in [0.1, 0.15) is 0 Å². The molecule has 1 unspecified atom stereocenters. The Balaban J connectivity index is 1.84. The fourth-order valence-corrected chi connectivity index (χ4v) is 5.72. The van der Waals surface area contributed by atoms with Crippen LogP contribution in [0.5, 0.6) is 0 Å². The van der Waals surface area contributed by atoms with Crippen molar-refractivity contribution < 1.29 is 62.7 Å². The van der Waals surface area contributed by atoms with Crippen molar-refractivity contribution in [3.63, 3.8) is 0 Å². The second-order valence-corrected chi connectivity index (χ2v) is 9.12. The normalized spacial score (nSPS) is 32.7. The molecule has 0 N–H and O–H groups in total. The molecular weight excluding hydrogens is 490 g/mol. The van der Waals surface area contributed by atoms with Gasteiger partial charge >= 0.3 is 35.8 Å². The number of halogens is 10. The van der Waals surface area contributed by atoms with E-state index in [0.717, 1.165) is 19.3 Å². The monoisotopic (exact) mass is 508 g/mol. The van der Waals surface area contributed by atoms with Crippen molar-refractivity contribution in [3.05, 3.63) is 0 Å². The van der Waals surface area contributed by atoms with E-state index in [0.29, 0.717) is 19.3 Å². The van der Waals surface area contributed by atoms with E-state index in [1.54, 1.807) is 0 Å². The quantitative estimate of drug-likeness (QED) is 0.115. The molecule has 4 rings (SSSR count). The first-order chi connectivity index (χ1) is 14.4. The maximum absolute atomic E-state index is 14.7. The number of ether oxygens (including phenoxy) is 1. The van der Waals surface area contributed by atoms with Gasteiger partial charge in [0, 0.05) is 18.3 Å². The number of hydrogen-bond donors (Lipinski definition) is 1. The van der Waals surface area contributed by atoms with Gasteiger partial charge in [-0.25, -0.2) is 4.79 Å². The number of carbonyl (C=O) groups is 1. The van der Waals surface area contributed by atoms with E-state index < -0.39 is 47.8 Å². The van der Waals surface area contributed by atoms with Gasteiger partial charge in [-0.3, -0.25) is 0 Å². The van der Waals surface area contributed by atoms with Crippen LogP contribution in [0.25, 0.3) is 0 Å². The minimum Gasteiger partial charge on any atom is -0.461 e. The standard InChI is InChI=1S/C17H18F10O4S/c18-13(30-31-32,14(19,20)15(21,22)16(23,24)17(25,26)27)11(28)29-7-12-4-8-1-9(5-12)3-10(2-8)6-12/h8-10,32H,1-7H2. The molecule has 0 amide bonds. The summed E-state index contributed by atoms with van der Waals surface area (Å²) in [5, 5.41) is 0. The Morgan fingerprint density at radius 1 is 0.781 bits per heavy atom. The van der Waals surface area contributed by atoms with Gasteiger partial charge < -0.3 is 4.74 Å². The topological polar surface area (TPSA) is 44.8 Å². The minimum absolute atomic E-state index is 0.239. The van der Waals surface area contributed by atoms with Crippen LogP contribution < -0.4 is 0 Å². The molecule has 186 valence electrons. The molecule has 4 bridgehead atoms. The van der Waals surface area contributed by atoms with Crippen LogP contribution >= 0.6 is 12.9 Å². The van der Waals surface area contributed by atoms with Crippen LogP contribution in [0.3, 0.4) is 0 Å². The molecule has 0 aromatic carbocycles. The number of rotatable bonds is 8. The molecular formula is C17H18F10O4S. The van der Waals surface area contributed by atoms with Gasteiger partial charge in [-0.05, 0) is 56.3 Å². The Hall–Kier alpha value is -0.960. The molecule has 0 saturated heterocycles. The Morgan fingerprint density at radius 2 is 1.22 bits per heavy atom. The molecule has 4 aliphatic carbocycles. The number of carbonyl (C=O) groups excluding carboxylic acids is 1. The lowest BCUT2D eigenvalue weighted by atomic mass is 9.50. The van der Waals surface area contributed by atoms with E-state index in [4.69, 9.17) is 0 Å². The zero-order valence-corrected chi connectivity index (χ0v) is 16.9. The van der Waals surface area contributed by atoms with Crippen molar-refractivity contribution >= 4 is 18.9 Å². The molecule has 15 heteroatoms. The summed E-state index contributed by atoms with van der Waals surface area (Å²) in [6.07, 6.45) is -3.09. The van der Waals surface area contributed by atoms with Crippen molar-refractivity contribution in [1.82, 2.24) is 0 Å². The van der Waals surface area contributed by atoms with Crippen molar-refractivity contribution in [1.29, 1.82) is 0 Å². The van der Waals surface area contributed by atoms with Crippen LogP contribution in [0, 0.1) is 23.2 Å². The zero-order chi connectivity index (χ0) is 24.4. The first kappa shape index (κ1) is 25.7. The summed E-state index contributed by atoms with van der Waals surface area (Å²) in [6, 6.07) is 0. The number of hydrogen-bond acceptors (Lipinski definition) is 5. The summed E-state index contributed by atoms with van der Waals surface area (Å²) in [5.41, 5.74) is -0.763. The maximum Gasteiger partial charge on any atom is 0.460 e. The Bertz CT molecular complexity index is 708. The summed E-state index contributed by atoms with van der Waals surface area (Å²) >= 11 is 2.65. The third kappa shape index (κ3) is 3.75. The van der Waals surface area contributed by atoms with Gasteiger partial charge in [-0.1, -0.05) is 0 Å². The van der Waals surface area contributed by atoms with Gasteiger partial charge in [-0.15, -0.1) is 0 Å². The first-order valence-corrected chi connectivity index (χ1v) is 9.84. The fraction of sp³-hybridized carbons (Fsp3) is 0.941. The molecule has 4 saturated carbocycles. The number of esters is 1. The smallest absolute Gasteiger partial charge is 0.460 e. The second kappa shape index (κ2) is 7.79. The van der Waals surface area contributed by atoms with Gasteiger partial charge in [0.05, 0.1) is 6.61 Å². The molecule has 4 aliphatic rings. The third-order valence-electron chi connectivity index (χ3n) is 6.64. The Morgan fingerprint density at radius 3 is 1.59 bits per heavy atom. The molecule has 0 aliphatic heterocycles. The third-order valence-corrected chi connectivity index (χ3v) is 6.71. The van der Waals surface area contributed by atoms with E-state index in [-0.39, 0.29) is 17.8 Å². The zero-order valence-electron chi connectivity index (χ0n) is 16.0. The van der Waals surface area contributed by atoms with Crippen molar-refractivity contribution in [3.8, 4) is 0 Å². The van der Waals surface area contributed by atoms with Crippen molar-refractivity contribution in [2.75, 3.05) is 6.61 Å². The average Bonchev–Trinajstić information content (AvgIpc) is 2.63. The predicted octanol–water partition coefficient (Wildman–Crippen LogP) is 5.67. The van der Waals surface area contributed by atoms with Crippen LogP contribution in [0.2, 0.25) is 0 Å². The summed E-state index contributed by atoms with van der Waals surface area (Å²) in [6.45, 7) is -0.728. The van der Waals surface area contributed by atoms with Crippen LogP contribution in [-0.2, 0) is 18.8 Å². The average molecular weight is 508 g/mol. The highest BCUT2D eigenvalue weighted by molar-refractivity contribution is 7.74. The highest BCUT2D eigenvalue weighted by Gasteiger charge is 2.89. The van der Waals surface area contributed by atoms with Crippen LogP contribution in [-0.4, -0.2) is 42.4 Å². The van der Waals surface area contributed by atoms with Crippen molar-refractivity contribution in [2.45, 2.75) is 68.3 Å². The molecule has 0 aromatic rings. The molecule has 0 radical (unpaired) electrons. The van der Waals surface area contributed by atoms with Gasteiger partial charge in [-0.2, -0.15) is 53.1 Å².